The van der Waals surface area contributed by atoms with Crippen molar-refractivity contribution < 1.29 is 19.2 Å². The van der Waals surface area contributed by atoms with E-state index in [4.69, 9.17) is 9.47 Å². The molecule has 1 aromatic rings. The Morgan fingerprint density at radius 2 is 2.26 bits per heavy atom. The molecule has 128 valence electrons. The fourth-order valence-electron chi connectivity index (χ4n) is 2.34. The van der Waals surface area contributed by atoms with Crippen molar-refractivity contribution in [2.75, 3.05) is 33.4 Å². The molecule has 0 saturated carbocycles. The third-order valence-electron chi connectivity index (χ3n) is 3.53. The van der Waals surface area contributed by atoms with Gasteiger partial charge in [0.05, 0.1) is 12.0 Å². The van der Waals surface area contributed by atoms with Crippen molar-refractivity contribution in [3.8, 4) is 11.5 Å². The Kier molecular flexibility index (Phi) is 7.05. The SMILES string of the molecule is COc1cc(OCC(=O)N2CCNCC2C)ccc1[N+](=O)[O-].Cl. The van der Waals surface area contributed by atoms with Gasteiger partial charge in [0, 0.05) is 37.8 Å². The molecule has 8 nitrogen and oxygen atoms in total. The van der Waals surface area contributed by atoms with E-state index < -0.39 is 4.92 Å². The molecule has 9 heteroatoms. The number of hydrogen-bond donors (Lipinski definition) is 1. The second-order valence-corrected chi connectivity index (χ2v) is 5.02. The van der Waals surface area contributed by atoms with E-state index in [1.807, 2.05) is 6.92 Å². The van der Waals surface area contributed by atoms with Gasteiger partial charge in [0.2, 0.25) is 5.75 Å². The third-order valence-corrected chi connectivity index (χ3v) is 3.53. The van der Waals surface area contributed by atoms with Gasteiger partial charge in [0.25, 0.3) is 5.91 Å². The van der Waals surface area contributed by atoms with Crippen molar-refractivity contribution in [2.45, 2.75) is 13.0 Å². The Balaban J connectivity index is 0.00000264. The molecular formula is C14H20ClN3O5. The summed E-state index contributed by atoms with van der Waals surface area (Å²) in [4.78, 5) is 24.2. The highest BCUT2D eigenvalue weighted by Crippen LogP contribution is 2.30. The molecule has 0 aliphatic carbocycles. The van der Waals surface area contributed by atoms with Gasteiger partial charge < -0.3 is 19.7 Å². The van der Waals surface area contributed by atoms with Gasteiger partial charge in [-0.25, -0.2) is 0 Å². The van der Waals surface area contributed by atoms with Crippen LogP contribution in [0.3, 0.4) is 0 Å². The van der Waals surface area contributed by atoms with Gasteiger partial charge >= 0.3 is 5.69 Å². The second-order valence-electron chi connectivity index (χ2n) is 5.02. The molecule has 1 fully saturated rings. The number of ether oxygens (including phenoxy) is 2. The van der Waals surface area contributed by atoms with Gasteiger partial charge in [-0.05, 0) is 13.0 Å². The first kappa shape index (κ1) is 19.0. The molecule has 0 bridgehead atoms. The summed E-state index contributed by atoms with van der Waals surface area (Å²) in [6.45, 7) is 4.04. The molecule has 1 aliphatic rings. The van der Waals surface area contributed by atoms with E-state index in [9.17, 15) is 14.9 Å². The normalized spacial score (nSPS) is 17.1. The molecule has 1 aliphatic heterocycles. The van der Waals surface area contributed by atoms with E-state index in [0.29, 0.717) is 12.3 Å². The van der Waals surface area contributed by atoms with E-state index in [2.05, 4.69) is 5.32 Å². The summed E-state index contributed by atoms with van der Waals surface area (Å²) in [6.07, 6.45) is 0. The molecule has 0 aromatic heterocycles. The Labute approximate surface area is 140 Å². The molecule has 1 saturated heterocycles. The third kappa shape index (κ3) is 4.70. The molecule has 0 spiro atoms. The van der Waals surface area contributed by atoms with Crippen LogP contribution < -0.4 is 14.8 Å². The van der Waals surface area contributed by atoms with Crippen LogP contribution in [0.15, 0.2) is 18.2 Å². The van der Waals surface area contributed by atoms with Crippen LogP contribution in [-0.4, -0.2) is 55.1 Å². The lowest BCUT2D eigenvalue weighted by Gasteiger charge is -2.33. The summed E-state index contributed by atoms with van der Waals surface area (Å²) in [7, 11) is 1.35. The minimum atomic E-state index is -0.532. The maximum Gasteiger partial charge on any atom is 0.311 e. The van der Waals surface area contributed by atoms with Crippen LogP contribution in [0.25, 0.3) is 0 Å². The van der Waals surface area contributed by atoms with E-state index >= 15 is 0 Å². The van der Waals surface area contributed by atoms with Crippen molar-refractivity contribution in [2.24, 2.45) is 0 Å². The first-order valence-electron chi connectivity index (χ1n) is 6.98. The van der Waals surface area contributed by atoms with Crippen LogP contribution in [0.4, 0.5) is 5.69 Å². The number of methoxy groups -OCH3 is 1. The summed E-state index contributed by atoms with van der Waals surface area (Å²) in [5.74, 6) is 0.357. The number of nitro benzene ring substituents is 1. The number of hydrogen-bond acceptors (Lipinski definition) is 6. The summed E-state index contributed by atoms with van der Waals surface area (Å²) in [5.41, 5.74) is -0.142. The fraction of sp³-hybridized carbons (Fsp3) is 0.500. The number of rotatable bonds is 5. The maximum absolute atomic E-state index is 12.1. The summed E-state index contributed by atoms with van der Waals surface area (Å²) < 4.78 is 10.4. The quantitative estimate of drug-likeness (QED) is 0.637. The van der Waals surface area contributed by atoms with Crippen LogP contribution in [0.1, 0.15) is 6.92 Å². The lowest BCUT2D eigenvalue weighted by atomic mass is 10.2. The topological polar surface area (TPSA) is 93.9 Å². The van der Waals surface area contributed by atoms with Gasteiger partial charge in [-0.15, -0.1) is 12.4 Å². The first-order valence-corrected chi connectivity index (χ1v) is 6.98. The Hall–Kier alpha value is -2.06. The molecule has 1 atom stereocenters. The lowest BCUT2D eigenvalue weighted by molar-refractivity contribution is -0.385. The van der Waals surface area contributed by atoms with Crippen molar-refractivity contribution in [1.29, 1.82) is 0 Å². The number of halogens is 1. The highest BCUT2D eigenvalue weighted by atomic mass is 35.5. The molecule has 2 rings (SSSR count). The van der Waals surface area contributed by atoms with Crippen LogP contribution in [0.5, 0.6) is 11.5 Å². The lowest BCUT2D eigenvalue weighted by Crippen LogP contribution is -2.53. The van der Waals surface area contributed by atoms with E-state index in [1.165, 1.54) is 25.3 Å². The van der Waals surface area contributed by atoms with E-state index in [-0.39, 0.29) is 42.4 Å². The maximum atomic E-state index is 12.1. The number of nitrogens with zero attached hydrogens (tertiary/aromatic N) is 2. The van der Waals surface area contributed by atoms with Crippen LogP contribution in [0, 0.1) is 10.1 Å². The van der Waals surface area contributed by atoms with E-state index in [0.717, 1.165) is 13.1 Å². The number of nitrogens with one attached hydrogen (secondary N) is 1. The first-order chi connectivity index (χ1) is 10.5. The van der Waals surface area contributed by atoms with Gasteiger partial charge in [-0.1, -0.05) is 0 Å². The fourth-order valence-corrected chi connectivity index (χ4v) is 2.34. The zero-order valence-electron chi connectivity index (χ0n) is 13.0. The predicted molar refractivity (Wildman–Crippen MR) is 86.4 cm³/mol. The smallest absolute Gasteiger partial charge is 0.311 e. The molecule has 23 heavy (non-hydrogen) atoms. The molecule has 1 unspecified atom stereocenters. The number of carbonyl (C=O) groups excluding carboxylic acids is 1. The Bertz CT molecular complexity index is 569. The number of carbonyl (C=O) groups is 1. The van der Waals surface area contributed by atoms with Gasteiger partial charge in [0.15, 0.2) is 6.61 Å². The van der Waals surface area contributed by atoms with E-state index in [1.54, 1.807) is 4.90 Å². The van der Waals surface area contributed by atoms with Gasteiger partial charge in [-0.2, -0.15) is 0 Å². The minimum Gasteiger partial charge on any atom is -0.490 e. The zero-order chi connectivity index (χ0) is 16.1. The number of amides is 1. The number of benzene rings is 1. The summed E-state index contributed by atoms with van der Waals surface area (Å²) in [6, 6.07) is 4.28. The number of nitro groups is 1. The average Bonchev–Trinajstić information content (AvgIpc) is 2.52. The summed E-state index contributed by atoms with van der Waals surface area (Å²) in [5, 5.41) is 14.0. The monoisotopic (exact) mass is 345 g/mol. The zero-order valence-corrected chi connectivity index (χ0v) is 13.8. The van der Waals surface area contributed by atoms with Crippen molar-refractivity contribution in [3.63, 3.8) is 0 Å². The Morgan fingerprint density at radius 1 is 1.52 bits per heavy atom. The van der Waals surface area contributed by atoms with Crippen molar-refractivity contribution >= 4 is 24.0 Å². The van der Waals surface area contributed by atoms with Gasteiger partial charge in [0.1, 0.15) is 5.75 Å². The highest BCUT2D eigenvalue weighted by molar-refractivity contribution is 5.85. The molecule has 0 radical (unpaired) electrons. The summed E-state index contributed by atoms with van der Waals surface area (Å²) >= 11 is 0. The molecule has 1 N–H and O–H groups in total. The van der Waals surface area contributed by atoms with Crippen LogP contribution in [-0.2, 0) is 4.79 Å². The number of piperazine rings is 1. The van der Waals surface area contributed by atoms with Crippen LogP contribution in [0.2, 0.25) is 0 Å². The molecular weight excluding hydrogens is 326 g/mol. The second kappa shape index (κ2) is 8.54. The largest absolute Gasteiger partial charge is 0.490 e. The standard InChI is InChI=1S/C14H19N3O5.ClH/c1-10-8-15-5-6-16(10)14(18)9-22-11-3-4-12(17(19)20)13(7-11)21-2;/h3-4,7,10,15H,5-6,8-9H2,1-2H3;1H. The average molecular weight is 346 g/mol. The van der Waals surface area contributed by atoms with Crippen molar-refractivity contribution in [3.05, 3.63) is 28.3 Å². The van der Waals surface area contributed by atoms with Crippen LogP contribution >= 0.6 is 12.4 Å². The predicted octanol–water partition coefficient (Wildman–Crippen LogP) is 1.22. The Morgan fingerprint density at radius 3 is 2.87 bits per heavy atom. The minimum absolute atomic E-state index is 0. The molecule has 1 amide bonds. The van der Waals surface area contributed by atoms with Crippen molar-refractivity contribution in [1.82, 2.24) is 10.2 Å². The van der Waals surface area contributed by atoms with Gasteiger partial charge in [-0.3, -0.25) is 14.9 Å². The molecule has 1 aromatic carbocycles. The molecule has 1 heterocycles. The highest BCUT2D eigenvalue weighted by Gasteiger charge is 2.23.